The molecular weight excluding hydrogens is 313 g/mol. The van der Waals surface area contributed by atoms with E-state index in [1.807, 2.05) is 0 Å². The lowest BCUT2D eigenvalue weighted by Crippen LogP contribution is -2.27. The van der Waals surface area contributed by atoms with Crippen molar-refractivity contribution in [3.05, 3.63) is 70.9 Å². The van der Waals surface area contributed by atoms with Gasteiger partial charge in [-0.05, 0) is 30.7 Å². The molecule has 124 valence electrons. The van der Waals surface area contributed by atoms with Gasteiger partial charge >= 0.3 is 5.97 Å². The molecule has 6 heteroatoms. The maximum absolute atomic E-state index is 13.3. The number of rotatable bonds is 3. The van der Waals surface area contributed by atoms with Crippen LogP contribution in [0.4, 0.5) is 4.39 Å². The zero-order valence-corrected chi connectivity index (χ0v) is 13.0. The van der Waals surface area contributed by atoms with Crippen molar-refractivity contribution in [1.29, 1.82) is 0 Å². The van der Waals surface area contributed by atoms with Crippen molar-refractivity contribution in [2.75, 3.05) is 6.61 Å². The fourth-order valence-electron chi connectivity index (χ4n) is 2.75. The monoisotopic (exact) mass is 329 g/mol. The predicted octanol–water partition coefficient (Wildman–Crippen LogP) is 2.79. The van der Waals surface area contributed by atoms with Crippen molar-refractivity contribution >= 4 is 5.97 Å². The van der Waals surface area contributed by atoms with Crippen LogP contribution in [0.5, 0.6) is 11.5 Å². The number of halogens is 1. The SMILES string of the molecule is CCOC(=O)C1=C(N)Oc2cc(O)ccc2C1c1ccc(F)cc1. The zero-order valence-electron chi connectivity index (χ0n) is 13.0. The van der Waals surface area contributed by atoms with Crippen LogP contribution in [0.2, 0.25) is 0 Å². The summed E-state index contributed by atoms with van der Waals surface area (Å²) in [5.74, 6) is -1.29. The number of carbonyl (C=O) groups excluding carboxylic acids is 1. The first-order valence-corrected chi connectivity index (χ1v) is 7.44. The summed E-state index contributed by atoms with van der Waals surface area (Å²) in [4.78, 5) is 12.4. The molecule has 1 heterocycles. The van der Waals surface area contributed by atoms with Crippen molar-refractivity contribution < 1.29 is 23.8 Å². The smallest absolute Gasteiger partial charge is 0.340 e. The highest BCUT2D eigenvalue weighted by molar-refractivity contribution is 5.92. The lowest BCUT2D eigenvalue weighted by Gasteiger charge is -2.28. The van der Waals surface area contributed by atoms with E-state index in [4.69, 9.17) is 15.2 Å². The van der Waals surface area contributed by atoms with E-state index in [0.29, 0.717) is 16.9 Å². The van der Waals surface area contributed by atoms with Gasteiger partial charge in [0, 0.05) is 11.6 Å². The van der Waals surface area contributed by atoms with Gasteiger partial charge in [-0.15, -0.1) is 0 Å². The van der Waals surface area contributed by atoms with Crippen LogP contribution in [0.1, 0.15) is 24.0 Å². The maximum atomic E-state index is 13.3. The van der Waals surface area contributed by atoms with Crippen LogP contribution >= 0.6 is 0 Å². The molecule has 24 heavy (non-hydrogen) atoms. The first kappa shape index (κ1) is 15.9. The summed E-state index contributed by atoms with van der Waals surface area (Å²) in [6.45, 7) is 1.88. The molecule has 0 fully saturated rings. The third-order valence-electron chi connectivity index (χ3n) is 3.78. The molecule has 0 bridgehead atoms. The van der Waals surface area contributed by atoms with E-state index < -0.39 is 11.9 Å². The molecule has 0 aliphatic carbocycles. The minimum absolute atomic E-state index is 0.0130. The van der Waals surface area contributed by atoms with Crippen LogP contribution in [-0.2, 0) is 9.53 Å². The molecule has 1 aliphatic rings. The van der Waals surface area contributed by atoms with Crippen LogP contribution in [0.25, 0.3) is 0 Å². The number of hydrogen-bond acceptors (Lipinski definition) is 5. The second kappa shape index (κ2) is 6.23. The molecule has 0 saturated heterocycles. The van der Waals surface area contributed by atoms with E-state index in [2.05, 4.69) is 0 Å². The van der Waals surface area contributed by atoms with Crippen LogP contribution in [-0.4, -0.2) is 17.7 Å². The molecule has 3 N–H and O–H groups in total. The van der Waals surface area contributed by atoms with Crippen molar-refractivity contribution in [3.63, 3.8) is 0 Å². The predicted molar refractivity (Wildman–Crippen MR) is 84.8 cm³/mol. The fraction of sp³-hybridized carbons (Fsp3) is 0.167. The number of ether oxygens (including phenoxy) is 2. The normalized spacial score (nSPS) is 16.3. The summed E-state index contributed by atoms with van der Waals surface area (Å²) in [6, 6.07) is 10.3. The number of esters is 1. The molecule has 0 saturated carbocycles. The molecule has 0 aromatic heterocycles. The minimum Gasteiger partial charge on any atom is -0.508 e. The molecule has 1 aliphatic heterocycles. The highest BCUT2D eigenvalue weighted by Crippen LogP contribution is 2.43. The largest absolute Gasteiger partial charge is 0.508 e. The Bertz CT molecular complexity index is 814. The Morgan fingerprint density at radius 1 is 1.29 bits per heavy atom. The van der Waals surface area contributed by atoms with Gasteiger partial charge in [0.25, 0.3) is 0 Å². The lowest BCUT2D eigenvalue weighted by atomic mass is 9.83. The van der Waals surface area contributed by atoms with Gasteiger partial charge in [-0.1, -0.05) is 18.2 Å². The van der Waals surface area contributed by atoms with E-state index in [-0.39, 0.29) is 29.6 Å². The lowest BCUT2D eigenvalue weighted by molar-refractivity contribution is -0.139. The Balaban J connectivity index is 2.18. The highest BCUT2D eigenvalue weighted by atomic mass is 19.1. The van der Waals surface area contributed by atoms with Crippen LogP contribution in [0.15, 0.2) is 53.9 Å². The van der Waals surface area contributed by atoms with Gasteiger partial charge in [0.2, 0.25) is 5.88 Å². The summed E-state index contributed by atoms with van der Waals surface area (Å²) in [5, 5.41) is 9.65. The topological polar surface area (TPSA) is 81.8 Å². The van der Waals surface area contributed by atoms with E-state index in [1.54, 1.807) is 25.1 Å². The molecular formula is C18H16FNO4. The second-order valence-corrected chi connectivity index (χ2v) is 5.31. The maximum Gasteiger partial charge on any atom is 0.340 e. The summed E-state index contributed by atoms with van der Waals surface area (Å²) in [6.07, 6.45) is 0. The minimum atomic E-state index is -0.594. The molecule has 0 amide bonds. The molecule has 1 atom stereocenters. The summed E-state index contributed by atoms with van der Waals surface area (Å²) in [5.41, 5.74) is 7.39. The fourth-order valence-corrected chi connectivity index (χ4v) is 2.75. The summed E-state index contributed by atoms with van der Waals surface area (Å²) in [7, 11) is 0. The van der Waals surface area contributed by atoms with Crippen LogP contribution in [0.3, 0.4) is 0 Å². The van der Waals surface area contributed by atoms with Gasteiger partial charge in [-0.25, -0.2) is 9.18 Å². The molecule has 0 radical (unpaired) electrons. The molecule has 0 spiro atoms. The summed E-state index contributed by atoms with van der Waals surface area (Å²) >= 11 is 0. The highest BCUT2D eigenvalue weighted by Gasteiger charge is 2.35. The molecule has 2 aromatic rings. The standard InChI is InChI=1S/C18H16FNO4/c1-2-23-18(22)16-15(10-3-5-11(19)6-4-10)13-8-7-12(21)9-14(13)24-17(16)20/h3-9,15,21H,2,20H2,1H3. The number of nitrogens with two attached hydrogens (primary N) is 1. The van der Waals surface area contributed by atoms with Crippen molar-refractivity contribution in [1.82, 2.24) is 0 Å². The third kappa shape index (κ3) is 2.78. The van der Waals surface area contributed by atoms with E-state index in [9.17, 15) is 14.3 Å². The van der Waals surface area contributed by atoms with Gasteiger partial charge < -0.3 is 20.3 Å². The Morgan fingerprint density at radius 3 is 2.67 bits per heavy atom. The number of phenolic OH excluding ortho intramolecular Hbond substituents is 1. The number of phenols is 1. The average molecular weight is 329 g/mol. The molecule has 1 unspecified atom stereocenters. The first-order chi connectivity index (χ1) is 11.5. The van der Waals surface area contributed by atoms with Gasteiger partial charge in [0.1, 0.15) is 22.9 Å². The zero-order chi connectivity index (χ0) is 17.3. The number of hydrogen-bond donors (Lipinski definition) is 2. The van der Waals surface area contributed by atoms with Crippen LogP contribution < -0.4 is 10.5 Å². The van der Waals surface area contributed by atoms with Crippen LogP contribution in [0, 0.1) is 5.82 Å². The van der Waals surface area contributed by atoms with Gasteiger partial charge in [0.15, 0.2) is 0 Å². The number of carbonyl (C=O) groups is 1. The Kier molecular flexibility index (Phi) is 4.12. The quantitative estimate of drug-likeness (QED) is 0.846. The number of benzene rings is 2. The van der Waals surface area contributed by atoms with E-state index >= 15 is 0 Å². The van der Waals surface area contributed by atoms with E-state index in [1.165, 1.54) is 24.3 Å². The summed E-state index contributed by atoms with van der Waals surface area (Å²) < 4.78 is 23.8. The first-order valence-electron chi connectivity index (χ1n) is 7.44. The molecule has 5 nitrogen and oxygen atoms in total. The van der Waals surface area contributed by atoms with Gasteiger partial charge in [-0.3, -0.25) is 0 Å². The van der Waals surface area contributed by atoms with Gasteiger partial charge in [0.05, 0.1) is 12.5 Å². The van der Waals surface area contributed by atoms with Crippen molar-refractivity contribution in [2.45, 2.75) is 12.8 Å². The number of fused-ring (bicyclic) bond motifs is 1. The Morgan fingerprint density at radius 2 is 2.00 bits per heavy atom. The second-order valence-electron chi connectivity index (χ2n) is 5.31. The Labute approximate surface area is 138 Å². The molecule has 3 rings (SSSR count). The van der Waals surface area contributed by atoms with Crippen molar-refractivity contribution in [2.24, 2.45) is 5.73 Å². The van der Waals surface area contributed by atoms with Crippen molar-refractivity contribution in [3.8, 4) is 11.5 Å². The average Bonchev–Trinajstić information content (AvgIpc) is 2.54. The molecule has 2 aromatic carbocycles. The number of aromatic hydroxyl groups is 1. The van der Waals surface area contributed by atoms with E-state index in [0.717, 1.165) is 0 Å². The Hall–Kier alpha value is -3.02. The van der Waals surface area contributed by atoms with Gasteiger partial charge in [-0.2, -0.15) is 0 Å². The third-order valence-corrected chi connectivity index (χ3v) is 3.78.